The molecule has 0 saturated heterocycles. The van der Waals surface area contributed by atoms with Crippen LogP contribution in [-0.2, 0) is 0 Å². The Balaban J connectivity index is 2.06. The first kappa shape index (κ1) is 17.4. The quantitative estimate of drug-likeness (QED) is 0.356. The van der Waals surface area contributed by atoms with Crippen molar-refractivity contribution in [3.63, 3.8) is 0 Å². The molecule has 0 aliphatic heterocycles. The van der Waals surface area contributed by atoms with Gasteiger partial charge in [0.15, 0.2) is 5.78 Å². The van der Waals surface area contributed by atoms with Crippen LogP contribution < -0.4 is 4.74 Å². The second kappa shape index (κ2) is 10.1. The summed E-state index contributed by atoms with van der Waals surface area (Å²) in [4.78, 5) is 17.5. The summed E-state index contributed by atoms with van der Waals surface area (Å²) in [6, 6.07) is 3.50. The van der Waals surface area contributed by atoms with Gasteiger partial charge in [0.1, 0.15) is 0 Å². The lowest BCUT2D eigenvalue weighted by Crippen LogP contribution is -2.19. The lowest BCUT2D eigenvalue weighted by atomic mass is 10.2. The monoisotopic (exact) mass is 290 g/mol. The average molecular weight is 290 g/mol. The van der Waals surface area contributed by atoms with Gasteiger partial charge in [0.05, 0.1) is 6.61 Å². The molecule has 0 fully saturated rings. The molecular weight excluding hydrogens is 264 g/mol. The molecule has 1 heterocycles. The molecule has 0 bridgehead atoms. The van der Waals surface area contributed by atoms with Crippen LogP contribution >= 0.6 is 0 Å². The highest BCUT2D eigenvalue weighted by molar-refractivity contribution is 5.93. The molecule has 21 heavy (non-hydrogen) atoms. The highest BCUT2D eigenvalue weighted by Gasteiger charge is 2.01. The van der Waals surface area contributed by atoms with Crippen LogP contribution in [-0.4, -0.2) is 42.4 Å². The summed E-state index contributed by atoms with van der Waals surface area (Å²) in [7, 11) is 2.11. The van der Waals surface area contributed by atoms with E-state index in [0.29, 0.717) is 18.1 Å². The summed E-state index contributed by atoms with van der Waals surface area (Å²) in [5.41, 5.74) is 0.617. The molecule has 0 atom stereocenters. The third-order valence-electron chi connectivity index (χ3n) is 3.27. The van der Waals surface area contributed by atoms with Gasteiger partial charge in [0.25, 0.3) is 0 Å². The lowest BCUT2D eigenvalue weighted by Gasteiger charge is -2.13. The predicted molar refractivity (Wildman–Crippen MR) is 85.9 cm³/mol. The van der Waals surface area contributed by atoms with E-state index in [2.05, 4.69) is 23.5 Å². The first-order chi connectivity index (χ1) is 10.1. The number of aromatic nitrogens is 1. The molecule has 0 saturated carbocycles. The number of ether oxygens (including phenoxy) is 1. The van der Waals surface area contributed by atoms with Crippen molar-refractivity contribution in [2.75, 3.05) is 26.7 Å². The average Bonchev–Trinajstić information content (AvgIpc) is 2.47. The van der Waals surface area contributed by atoms with Gasteiger partial charge < -0.3 is 9.64 Å². The van der Waals surface area contributed by atoms with E-state index in [-0.39, 0.29) is 5.78 Å². The van der Waals surface area contributed by atoms with Gasteiger partial charge in [-0.3, -0.25) is 4.79 Å². The number of ketones is 1. The van der Waals surface area contributed by atoms with Gasteiger partial charge >= 0.3 is 0 Å². The summed E-state index contributed by atoms with van der Waals surface area (Å²) >= 11 is 0. The zero-order valence-corrected chi connectivity index (χ0v) is 13.2. The Labute approximate surface area is 127 Å². The summed E-state index contributed by atoms with van der Waals surface area (Å²) in [5.74, 6) is 0.612. The molecule has 4 heteroatoms. The number of rotatable bonds is 11. The highest BCUT2D eigenvalue weighted by atomic mass is 16.5. The van der Waals surface area contributed by atoms with Crippen LogP contribution in [0.15, 0.2) is 31.0 Å². The Kier molecular flexibility index (Phi) is 8.36. The Morgan fingerprint density at radius 2 is 2.10 bits per heavy atom. The van der Waals surface area contributed by atoms with E-state index in [1.807, 2.05) is 6.08 Å². The van der Waals surface area contributed by atoms with E-state index < -0.39 is 0 Å². The Hall–Kier alpha value is -1.68. The fourth-order valence-corrected chi connectivity index (χ4v) is 2.00. The molecule has 1 aromatic rings. The molecule has 116 valence electrons. The van der Waals surface area contributed by atoms with Crippen molar-refractivity contribution in [1.29, 1.82) is 0 Å². The normalized spacial score (nSPS) is 10.6. The van der Waals surface area contributed by atoms with E-state index in [9.17, 15) is 4.79 Å². The maximum absolute atomic E-state index is 11.1. The summed E-state index contributed by atoms with van der Waals surface area (Å²) in [6.07, 6.45) is 8.09. The molecule has 0 N–H and O–H groups in total. The SMILES string of the molecule is C=CCN(C)CCCCCCOc1ccc(C(C)=O)cn1. The maximum Gasteiger partial charge on any atom is 0.213 e. The van der Waals surface area contributed by atoms with Gasteiger partial charge in [-0.1, -0.05) is 18.9 Å². The molecule has 0 aliphatic carbocycles. The zero-order valence-electron chi connectivity index (χ0n) is 13.2. The van der Waals surface area contributed by atoms with Gasteiger partial charge in [0.2, 0.25) is 5.88 Å². The fourth-order valence-electron chi connectivity index (χ4n) is 2.00. The number of unbranched alkanes of at least 4 members (excludes halogenated alkanes) is 3. The van der Waals surface area contributed by atoms with Crippen molar-refractivity contribution >= 4 is 5.78 Å². The van der Waals surface area contributed by atoms with Crippen molar-refractivity contribution < 1.29 is 9.53 Å². The standard InChI is InChI=1S/C17H26N2O2/c1-4-11-19(3)12-7-5-6-8-13-21-17-10-9-16(14-18-17)15(2)20/h4,9-10,14H,1,5-8,11-13H2,2-3H3. The summed E-state index contributed by atoms with van der Waals surface area (Å²) in [6.45, 7) is 8.00. The summed E-state index contributed by atoms with van der Waals surface area (Å²) in [5, 5.41) is 0. The number of nitrogens with zero attached hydrogens (tertiary/aromatic N) is 2. The second-order valence-corrected chi connectivity index (χ2v) is 5.25. The van der Waals surface area contributed by atoms with Crippen LogP contribution in [0.3, 0.4) is 0 Å². The smallest absolute Gasteiger partial charge is 0.213 e. The van der Waals surface area contributed by atoms with Gasteiger partial charge in [-0.05, 0) is 39.4 Å². The summed E-state index contributed by atoms with van der Waals surface area (Å²) < 4.78 is 5.56. The molecule has 0 radical (unpaired) electrons. The largest absolute Gasteiger partial charge is 0.478 e. The van der Waals surface area contributed by atoms with Crippen LogP contribution in [0.25, 0.3) is 0 Å². The van der Waals surface area contributed by atoms with Crippen LogP contribution in [0.2, 0.25) is 0 Å². The van der Waals surface area contributed by atoms with E-state index >= 15 is 0 Å². The van der Waals surface area contributed by atoms with Crippen molar-refractivity contribution in [2.45, 2.75) is 32.6 Å². The molecule has 0 amide bonds. The van der Waals surface area contributed by atoms with Crippen LogP contribution in [0.5, 0.6) is 5.88 Å². The number of likely N-dealkylation sites (N-methyl/N-ethyl adjacent to an activating group) is 1. The van der Waals surface area contributed by atoms with Crippen molar-refractivity contribution in [2.24, 2.45) is 0 Å². The third kappa shape index (κ3) is 7.61. The van der Waals surface area contributed by atoms with Gasteiger partial charge in [-0.2, -0.15) is 0 Å². The predicted octanol–water partition coefficient (Wildman–Crippen LogP) is 3.34. The van der Waals surface area contributed by atoms with E-state index in [1.54, 1.807) is 18.3 Å². The molecule has 0 aromatic carbocycles. The number of Topliss-reactive ketones (excluding diaryl/α,β-unsaturated/α-hetero) is 1. The van der Waals surface area contributed by atoms with Crippen LogP contribution in [0.4, 0.5) is 0 Å². The first-order valence-electron chi connectivity index (χ1n) is 7.52. The maximum atomic E-state index is 11.1. The molecule has 0 unspecified atom stereocenters. The molecule has 1 rings (SSSR count). The van der Waals surface area contributed by atoms with E-state index in [0.717, 1.165) is 25.9 Å². The molecular formula is C17H26N2O2. The van der Waals surface area contributed by atoms with Crippen molar-refractivity contribution in [3.05, 3.63) is 36.5 Å². The zero-order chi connectivity index (χ0) is 15.5. The first-order valence-corrected chi connectivity index (χ1v) is 7.52. The molecule has 4 nitrogen and oxygen atoms in total. The molecule has 1 aromatic heterocycles. The minimum absolute atomic E-state index is 0.0236. The second-order valence-electron chi connectivity index (χ2n) is 5.25. The third-order valence-corrected chi connectivity index (χ3v) is 3.27. The fraction of sp³-hybridized carbons (Fsp3) is 0.529. The molecule has 0 aliphatic rings. The van der Waals surface area contributed by atoms with E-state index in [4.69, 9.17) is 4.74 Å². The highest BCUT2D eigenvalue weighted by Crippen LogP contribution is 2.09. The minimum atomic E-state index is 0.0236. The number of hydrogen-bond acceptors (Lipinski definition) is 4. The van der Waals surface area contributed by atoms with Gasteiger partial charge in [-0.25, -0.2) is 4.98 Å². The van der Waals surface area contributed by atoms with Gasteiger partial charge in [-0.15, -0.1) is 6.58 Å². The number of hydrogen-bond donors (Lipinski definition) is 0. The molecule has 0 spiro atoms. The lowest BCUT2D eigenvalue weighted by molar-refractivity contribution is 0.101. The Morgan fingerprint density at radius 3 is 2.71 bits per heavy atom. The topological polar surface area (TPSA) is 42.4 Å². The number of carbonyl (C=O) groups is 1. The van der Waals surface area contributed by atoms with Crippen LogP contribution in [0.1, 0.15) is 43.0 Å². The Morgan fingerprint density at radius 1 is 1.33 bits per heavy atom. The van der Waals surface area contributed by atoms with Crippen molar-refractivity contribution in [3.8, 4) is 5.88 Å². The minimum Gasteiger partial charge on any atom is -0.478 e. The number of pyridine rings is 1. The van der Waals surface area contributed by atoms with E-state index in [1.165, 1.54) is 19.8 Å². The Bertz CT molecular complexity index is 429. The van der Waals surface area contributed by atoms with Crippen molar-refractivity contribution in [1.82, 2.24) is 9.88 Å². The van der Waals surface area contributed by atoms with Crippen LogP contribution in [0, 0.1) is 0 Å². The number of carbonyl (C=O) groups excluding carboxylic acids is 1. The van der Waals surface area contributed by atoms with Gasteiger partial charge in [0, 0.05) is 24.4 Å².